The zero-order chi connectivity index (χ0) is 12.3. The van der Waals surface area contributed by atoms with Crippen LogP contribution in [-0.2, 0) is 0 Å². The van der Waals surface area contributed by atoms with Gasteiger partial charge in [0.15, 0.2) is 0 Å². The van der Waals surface area contributed by atoms with Crippen LogP contribution in [0, 0.1) is 5.82 Å². The molecular formula is C12H8FNO2S. The van der Waals surface area contributed by atoms with E-state index in [2.05, 4.69) is 4.98 Å². The number of rotatable bonds is 3. The Bertz CT molecular complexity index is 560. The quantitative estimate of drug-likeness (QED) is 0.908. The number of hydrogen-bond acceptors (Lipinski definition) is 3. The zero-order valence-corrected chi connectivity index (χ0v) is 9.45. The van der Waals surface area contributed by atoms with Gasteiger partial charge in [0.25, 0.3) is 0 Å². The van der Waals surface area contributed by atoms with Gasteiger partial charge < -0.3 is 5.11 Å². The summed E-state index contributed by atoms with van der Waals surface area (Å²) >= 11 is 1.07. The molecule has 0 unspecified atom stereocenters. The third-order valence-electron chi connectivity index (χ3n) is 2.07. The number of carboxylic acid groups (broad SMARTS) is 1. The molecule has 2 aromatic rings. The first kappa shape index (κ1) is 11.6. The Morgan fingerprint density at radius 3 is 2.71 bits per heavy atom. The minimum atomic E-state index is -1.07. The van der Waals surface area contributed by atoms with Gasteiger partial charge in [-0.2, -0.15) is 0 Å². The Morgan fingerprint density at radius 2 is 2.00 bits per heavy atom. The van der Waals surface area contributed by atoms with Gasteiger partial charge in [-0.05, 0) is 18.2 Å². The number of hydrogen-bond donors (Lipinski definition) is 1. The summed E-state index contributed by atoms with van der Waals surface area (Å²) in [5.74, 6) is -1.44. The van der Waals surface area contributed by atoms with Crippen molar-refractivity contribution in [3.63, 3.8) is 0 Å². The van der Waals surface area contributed by atoms with E-state index in [9.17, 15) is 9.18 Å². The van der Waals surface area contributed by atoms with Gasteiger partial charge in [-0.1, -0.05) is 23.9 Å². The minimum absolute atomic E-state index is 0.0701. The van der Waals surface area contributed by atoms with Gasteiger partial charge in [-0.25, -0.2) is 9.18 Å². The Balaban J connectivity index is 2.37. The van der Waals surface area contributed by atoms with E-state index in [0.29, 0.717) is 9.79 Å². The predicted molar refractivity (Wildman–Crippen MR) is 61.7 cm³/mol. The van der Waals surface area contributed by atoms with Crippen LogP contribution < -0.4 is 0 Å². The van der Waals surface area contributed by atoms with E-state index in [1.807, 2.05) is 0 Å². The van der Waals surface area contributed by atoms with Crippen LogP contribution in [0.4, 0.5) is 4.39 Å². The second-order valence-electron chi connectivity index (χ2n) is 3.21. The molecule has 1 aromatic carbocycles. The highest BCUT2D eigenvalue weighted by Crippen LogP contribution is 2.31. The largest absolute Gasteiger partial charge is 0.478 e. The third-order valence-corrected chi connectivity index (χ3v) is 3.19. The smallest absolute Gasteiger partial charge is 0.338 e. The number of halogens is 1. The van der Waals surface area contributed by atoms with Crippen LogP contribution in [0.15, 0.2) is 52.5 Å². The molecule has 0 fully saturated rings. The Morgan fingerprint density at radius 1 is 1.24 bits per heavy atom. The molecule has 0 saturated heterocycles. The number of nitrogens with zero attached hydrogens (tertiary/aromatic N) is 1. The van der Waals surface area contributed by atoms with Crippen molar-refractivity contribution < 1.29 is 14.3 Å². The number of benzene rings is 1. The first-order valence-corrected chi connectivity index (χ1v) is 5.60. The van der Waals surface area contributed by atoms with Crippen molar-refractivity contribution >= 4 is 17.7 Å². The molecule has 3 nitrogen and oxygen atoms in total. The van der Waals surface area contributed by atoms with Crippen molar-refractivity contribution in [2.24, 2.45) is 0 Å². The number of aromatic carboxylic acids is 1. The first-order valence-electron chi connectivity index (χ1n) is 4.78. The third kappa shape index (κ3) is 2.62. The molecule has 17 heavy (non-hydrogen) atoms. The molecule has 86 valence electrons. The van der Waals surface area contributed by atoms with Crippen LogP contribution in [0.5, 0.6) is 0 Å². The fourth-order valence-corrected chi connectivity index (χ4v) is 2.21. The maximum Gasteiger partial charge on any atom is 0.338 e. The molecule has 0 aliphatic carbocycles. The molecule has 0 aliphatic heterocycles. The van der Waals surface area contributed by atoms with Crippen LogP contribution in [0.3, 0.4) is 0 Å². The highest BCUT2D eigenvalue weighted by molar-refractivity contribution is 7.99. The maximum absolute atomic E-state index is 13.4. The summed E-state index contributed by atoms with van der Waals surface area (Å²) in [5, 5.41) is 8.97. The lowest BCUT2D eigenvalue weighted by atomic mass is 10.3. The van der Waals surface area contributed by atoms with Gasteiger partial charge in [-0.3, -0.25) is 4.98 Å². The topological polar surface area (TPSA) is 50.2 Å². The van der Waals surface area contributed by atoms with Gasteiger partial charge in [0.1, 0.15) is 5.82 Å². The van der Waals surface area contributed by atoms with E-state index < -0.39 is 5.97 Å². The number of carbonyl (C=O) groups is 1. The lowest BCUT2D eigenvalue weighted by Crippen LogP contribution is -1.99. The fraction of sp³-hybridized carbons (Fsp3) is 0. The van der Waals surface area contributed by atoms with Crippen molar-refractivity contribution in [1.82, 2.24) is 4.98 Å². The van der Waals surface area contributed by atoms with Crippen LogP contribution in [-0.4, -0.2) is 16.1 Å². The summed E-state index contributed by atoms with van der Waals surface area (Å²) in [6.45, 7) is 0. The van der Waals surface area contributed by atoms with Crippen LogP contribution in [0.1, 0.15) is 10.4 Å². The van der Waals surface area contributed by atoms with E-state index in [1.54, 1.807) is 24.3 Å². The van der Waals surface area contributed by atoms with Crippen LogP contribution >= 0.6 is 11.8 Å². The summed E-state index contributed by atoms with van der Waals surface area (Å²) in [5.41, 5.74) is 0.0701. The molecule has 1 N–H and O–H groups in total. The summed E-state index contributed by atoms with van der Waals surface area (Å²) in [6.07, 6.45) is 2.74. The molecule has 0 spiro atoms. The SMILES string of the molecule is O=C(O)c1cnccc1Sc1ccccc1F. The summed E-state index contributed by atoms with van der Waals surface area (Å²) in [6, 6.07) is 7.79. The van der Waals surface area contributed by atoms with E-state index in [0.717, 1.165) is 11.8 Å². The van der Waals surface area contributed by atoms with Gasteiger partial charge in [0, 0.05) is 22.2 Å². The number of aromatic nitrogens is 1. The normalized spacial score (nSPS) is 10.2. The first-order chi connectivity index (χ1) is 8.18. The molecule has 0 saturated carbocycles. The molecule has 1 aromatic heterocycles. The number of carboxylic acids is 1. The summed E-state index contributed by atoms with van der Waals surface area (Å²) in [7, 11) is 0. The predicted octanol–water partition coefficient (Wildman–Crippen LogP) is 3.07. The van der Waals surface area contributed by atoms with Crippen molar-refractivity contribution in [1.29, 1.82) is 0 Å². The molecular weight excluding hydrogens is 241 g/mol. The van der Waals surface area contributed by atoms with E-state index in [1.165, 1.54) is 18.5 Å². The van der Waals surface area contributed by atoms with Gasteiger partial charge >= 0.3 is 5.97 Å². The average Bonchev–Trinajstić information content (AvgIpc) is 2.32. The standard InChI is InChI=1S/C12H8FNO2S/c13-9-3-1-2-4-11(9)17-10-5-6-14-7-8(10)12(15)16/h1-7H,(H,15,16). The average molecular weight is 249 g/mol. The van der Waals surface area contributed by atoms with Crippen molar-refractivity contribution in [2.75, 3.05) is 0 Å². The van der Waals surface area contributed by atoms with Crippen LogP contribution in [0.25, 0.3) is 0 Å². The molecule has 0 bridgehead atoms. The zero-order valence-electron chi connectivity index (χ0n) is 8.63. The van der Waals surface area contributed by atoms with E-state index in [4.69, 9.17) is 5.11 Å². The van der Waals surface area contributed by atoms with Gasteiger partial charge in [0.2, 0.25) is 0 Å². The van der Waals surface area contributed by atoms with Crippen molar-refractivity contribution in [2.45, 2.75) is 9.79 Å². The summed E-state index contributed by atoms with van der Waals surface area (Å²) < 4.78 is 13.4. The lowest BCUT2D eigenvalue weighted by molar-refractivity contribution is 0.0692. The summed E-state index contributed by atoms with van der Waals surface area (Å²) in [4.78, 5) is 15.6. The molecule has 0 radical (unpaired) electrons. The highest BCUT2D eigenvalue weighted by atomic mass is 32.2. The molecule has 0 aliphatic rings. The second kappa shape index (κ2) is 4.97. The monoisotopic (exact) mass is 249 g/mol. The highest BCUT2D eigenvalue weighted by Gasteiger charge is 2.12. The lowest BCUT2D eigenvalue weighted by Gasteiger charge is -2.05. The molecule has 5 heteroatoms. The molecule has 0 amide bonds. The maximum atomic E-state index is 13.4. The number of pyridine rings is 1. The van der Waals surface area contributed by atoms with Gasteiger partial charge in [0.05, 0.1) is 5.56 Å². The fourth-order valence-electron chi connectivity index (χ4n) is 1.28. The van der Waals surface area contributed by atoms with E-state index in [-0.39, 0.29) is 11.4 Å². The Labute approximate surface area is 101 Å². The van der Waals surface area contributed by atoms with E-state index >= 15 is 0 Å². The molecule has 1 heterocycles. The molecule has 0 atom stereocenters. The van der Waals surface area contributed by atoms with Crippen molar-refractivity contribution in [3.05, 3.63) is 54.1 Å². The Hall–Kier alpha value is -1.88. The second-order valence-corrected chi connectivity index (χ2v) is 4.29. The minimum Gasteiger partial charge on any atom is -0.478 e. The Kier molecular flexibility index (Phi) is 3.39. The van der Waals surface area contributed by atoms with Gasteiger partial charge in [-0.15, -0.1) is 0 Å². The molecule has 2 rings (SSSR count). The van der Waals surface area contributed by atoms with Crippen LogP contribution in [0.2, 0.25) is 0 Å². The van der Waals surface area contributed by atoms with Crippen molar-refractivity contribution in [3.8, 4) is 0 Å².